The fraction of sp³-hybridized carbons (Fsp3) is 0.500. The number of benzene rings is 1. The van der Waals surface area contributed by atoms with E-state index in [2.05, 4.69) is 5.32 Å². The van der Waals surface area contributed by atoms with Crippen molar-refractivity contribution in [2.75, 3.05) is 13.1 Å². The Morgan fingerprint density at radius 1 is 1.42 bits per heavy atom. The Morgan fingerprint density at radius 3 is 2.74 bits per heavy atom. The maximum atomic E-state index is 13.8. The molecule has 1 aromatic carbocycles. The van der Waals surface area contributed by atoms with Crippen LogP contribution in [-0.4, -0.2) is 47.3 Å². The Hall–Kier alpha value is -1.46. The number of likely N-dealkylation sites (tertiary alicyclic amines) is 1. The molecule has 1 amide bonds. The molecule has 104 valence electrons. The molecule has 1 fully saturated rings. The second-order valence-corrected chi connectivity index (χ2v) is 4.99. The summed E-state index contributed by atoms with van der Waals surface area (Å²) in [5.41, 5.74) is 1.09. The van der Waals surface area contributed by atoms with Gasteiger partial charge >= 0.3 is 0 Å². The van der Waals surface area contributed by atoms with Crippen LogP contribution < -0.4 is 5.32 Å². The number of carbonyl (C=O) groups is 1. The van der Waals surface area contributed by atoms with Crippen LogP contribution in [0.15, 0.2) is 30.3 Å². The van der Waals surface area contributed by atoms with Crippen LogP contribution in [0.25, 0.3) is 0 Å². The van der Waals surface area contributed by atoms with Crippen molar-refractivity contribution in [3.63, 3.8) is 0 Å². The number of carbonyl (C=O) groups excluding carboxylic acids is 1. The normalized spacial score (nSPS) is 28.1. The first-order valence-electron chi connectivity index (χ1n) is 6.42. The summed E-state index contributed by atoms with van der Waals surface area (Å²) in [6, 6.07) is 9.21. The van der Waals surface area contributed by atoms with Gasteiger partial charge in [0.1, 0.15) is 12.3 Å². The average molecular weight is 266 g/mol. The molecule has 1 aliphatic heterocycles. The van der Waals surface area contributed by atoms with Gasteiger partial charge in [-0.05, 0) is 5.56 Å². The summed E-state index contributed by atoms with van der Waals surface area (Å²) in [7, 11) is 0. The average Bonchev–Trinajstić information content (AvgIpc) is 2.36. The van der Waals surface area contributed by atoms with Crippen molar-refractivity contribution in [3.05, 3.63) is 35.9 Å². The van der Waals surface area contributed by atoms with Crippen LogP contribution in [-0.2, 0) is 11.3 Å². The van der Waals surface area contributed by atoms with Crippen molar-refractivity contribution in [1.29, 1.82) is 0 Å². The fourth-order valence-electron chi connectivity index (χ4n) is 2.43. The molecule has 1 aromatic rings. The molecule has 0 aliphatic carbocycles. The molecule has 0 spiro atoms. The van der Waals surface area contributed by atoms with Crippen LogP contribution >= 0.6 is 0 Å². The fourth-order valence-corrected chi connectivity index (χ4v) is 2.43. The second kappa shape index (κ2) is 6.12. The number of aliphatic hydroxyl groups is 1. The van der Waals surface area contributed by atoms with Crippen molar-refractivity contribution < 1.29 is 14.3 Å². The lowest BCUT2D eigenvalue weighted by Crippen LogP contribution is -2.59. The molecule has 0 saturated carbocycles. The molecule has 19 heavy (non-hydrogen) atoms. The van der Waals surface area contributed by atoms with Gasteiger partial charge in [0.05, 0.1) is 6.04 Å². The van der Waals surface area contributed by atoms with Gasteiger partial charge in [0.25, 0.3) is 0 Å². The summed E-state index contributed by atoms with van der Waals surface area (Å²) in [5.74, 6) is -0.252. The third-order valence-corrected chi connectivity index (χ3v) is 3.31. The number of halogens is 1. The van der Waals surface area contributed by atoms with E-state index in [1.54, 1.807) is 0 Å². The number of rotatable bonds is 3. The summed E-state index contributed by atoms with van der Waals surface area (Å²) in [4.78, 5) is 13.0. The van der Waals surface area contributed by atoms with Gasteiger partial charge in [-0.25, -0.2) is 4.39 Å². The highest BCUT2D eigenvalue weighted by Crippen LogP contribution is 2.17. The Balaban J connectivity index is 2.00. The van der Waals surface area contributed by atoms with Gasteiger partial charge in [-0.2, -0.15) is 0 Å². The highest BCUT2D eigenvalue weighted by Gasteiger charge is 2.36. The molecule has 5 heteroatoms. The number of alkyl halides is 1. The molecule has 0 unspecified atom stereocenters. The van der Waals surface area contributed by atoms with E-state index in [0.29, 0.717) is 13.1 Å². The Morgan fingerprint density at radius 2 is 2.11 bits per heavy atom. The molecule has 2 N–H and O–H groups in total. The maximum absolute atomic E-state index is 13.8. The van der Waals surface area contributed by atoms with E-state index in [-0.39, 0.29) is 12.5 Å². The van der Waals surface area contributed by atoms with Gasteiger partial charge in [-0.1, -0.05) is 30.3 Å². The number of hydrogen-bond acceptors (Lipinski definition) is 3. The number of nitrogens with zero attached hydrogens (tertiary/aromatic N) is 1. The van der Waals surface area contributed by atoms with E-state index >= 15 is 0 Å². The lowest BCUT2D eigenvalue weighted by Gasteiger charge is -2.38. The lowest BCUT2D eigenvalue weighted by molar-refractivity contribution is -0.122. The molecule has 4 nitrogen and oxygen atoms in total. The third-order valence-electron chi connectivity index (χ3n) is 3.31. The van der Waals surface area contributed by atoms with E-state index in [9.17, 15) is 14.3 Å². The zero-order chi connectivity index (χ0) is 13.8. The summed E-state index contributed by atoms with van der Waals surface area (Å²) >= 11 is 0. The smallest absolute Gasteiger partial charge is 0.217 e. The van der Waals surface area contributed by atoms with Gasteiger partial charge in [0, 0.05) is 26.6 Å². The predicted molar refractivity (Wildman–Crippen MR) is 70.2 cm³/mol. The first-order chi connectivity index (χ1) is 9.06. The van der Waals surface area contributed by atoms with Crippen LogP contribution in [0.1, 0.15) is 12.5 Å². The molecule has 1 saturated heterocycles. The van der Waals surface area contributed by atoms with Gasteiger partial charge in [0.15, 0.2) is 0 Å². The molecule has 1 aliphatic rings. The van der Waals surface area contributed by atoms with E-state index in [1.165, 1.54) is 6.92 Å². The summed E-state index contributed by atoms with van der Waals surface area (Å²) in [6.07, 6.45) is -2.47. The first-order valence-corrected chi connectivity index (χ1v) is 6.42. The summed E-state index contributed by atoms with van der Waals surface area (Å²) < 4.78 is 13.8. The minimum Gasteiger partial charge on any atom is -0.388 e. The lowest BCUT2D eigenvalue weighted by atomic mass is 9.99. The number of hydrogen-bond donors (Lipinski definition) is 2. The van der Waals surface area contributed by atoms with Crippen LogP contribution in [0.3, 0.4) is 0 Å². The molecule has 0 aromatic heterocycles. The van der Waals surface area contributed by atoms with Crippen LogP contribution in [0, 0.1) is 0 Å². The number of piperidine rings is 1. The van der Waals surface area contributed by atoms with Gasteiger partial charge < -0.3 is 10.4 Å². The molecule has 1 heterocycles. The molecule has 3 atom stereocenters. The van der Waals surface area contributed by atoms with Crippen molar-refractivity contribution >= 4 is 5.91 Å². The highest BCUT2D eigenvalue weighted by atomic mass is 19.1. The summed E-state index contributed by atoms with van der Waals surface area (Å²) in [5, 5.41) is 12.4. The Labute approximate surface area is 112 Å². The van der Waals surface area contributed by atoms with Gasteiger partial charge in [0.2, 0.25) is 5.91 Å². The first kappa shape index (κ1) is 14.0. The Kier molecular flexibility index (Phi) is 4.50. The molecule has 2 rings (SSSR count). The van der Waals surface area contributed by atoms with Gasteiger partial charge in [-0.3, -0.25) is 9.69 Å². The highest BCUT2D eigenvalue weighted by molar-refractivity contribution is 5.73. The zero-order valence-corrected chi connectivity index (χ0v) is 10.9. The van der Waals surface area contributed by atoms with E-state index in [0.717, 1.165) is 5.56 Å². The van der Waals surface area contributed by atoms with Crippen molar-refractivity contribution in [2.24, 2.45) is 0 Å². The predicted octanol–water partition coefficient (Wildman–Crippen LogP) is 0.706. The third kappa shape index (κ3) is 3.75. The molecule has 0 bridgehead atoms. The van der Waals surface area contributed by atoms with Crippen LogP contribution in [0.4, 0.5) is 4.39 Å². The van der Waals surface area contributed by atoms with E-state index in [1.807, 2.05) is 35.2 Å². The minimum absolute atomic E-state index is 0.187. The summed E-state index contributed by atoms with van der Waals surface area (Å²) in [6.45, 7) is 2.63. The molecular weight excluding hydrogens is 247 g/mol. The number of amides is 1. The monoisotopic (exact) mass is 266 g/mol. The largest absolute Gasteiger partial charge is 0.388 e. The van der Waals surface area contributed by atoms with Crippen LogP contribution in [0.5, 0.6) is 0 Å². The van der Waals surface area contributed by atoms with E-state index in [4.69, 9.17) is 0 Å². The molecular formula is C14H19FN2O2. The van der Waals surface area contributed by atoms with Crippen LogP contribution in [0.2, 0.25) is 0 Å². The quantitative estimate of drug-likeness (QED) is 0.847. The van der Waals surface area contributed by atoms with Crippen molar-refractivity contribution in [3.8, 4) is 0 Å². The molecule has 0 radical (unpaired) electrons. The number of aliphatic hydroxyl groups excluding tert-OH is 1. The van der Waals surface area contributed by atoms with E-state index < -0.39 is 18.3 Å². The standard InChI is InChI=1S/C14H19FN2O2/c1-10(18)16-13-9-17(8-12(15)14(13)19)7-11-5-3-2-4-6-11/h2-6,12-14,19H,7-9H2,1H3,(H,16,18)/t12-,13+,14+/m1/s1. The van der Waals surface area contributed by atoms with Gasteiger partial charge in [-0.15, -0.1) is 0 Å². The van der Waals surface area contributed by atoms with Crippen molar-refractivity contribution in [1.82, 2.24) is 10.2 Å². The second-order valence-electron chi connectivity index (χ2n) is 4.99. The maximum Gasteiger partial charge on any atom is 0.217 e. The number of nitrogens with one attached hydrogen (secondary N) is 1. The zero-order valence-electron chi connectivity index (χ0n) is 10.9. The van der Waals surface area contributed by atoms with Crippen molar-refractivity contribution in [2.45, 2.75) is 31.8 Å². The Bertz CT molecular complexity index is 427. The SMILES string of the molecule is CC(=O)N[C@H]1CN(Cc2ccccc2)C[C@@H](F)[C@@H]1O. The minimum atomic E-state index is -1.34. The topological polar surface area (TPSA) is 52.6 Å².